The predicted molar refractivity (Wildman–Crippen MR) is 90.1 cm³/mol. The zero-order valence-electron chi connectivity index (χ0n) is 14.3. The van der Waals surface area contributed by atoms with Gasteiger partial charge in [-0.05, 0) is 50.2 Å². The maximum Gasteiger partial charge on any atom is 0.289 e. The first-order valence-corrected chi connectivity index (χ1v) is 8.21. The molecule has 0 N–H and O–H groups in total. The quantitative estimate of drug-likeness (QED) is 0.855. The molecule has 0 aliphatic carbocycles. The van der Waals surface area contributed by atoms with E-state index in [1.54, 1.807) is 41.3 Å². The Labute approximate surface area is 146 Å². The Hall–Kier alpha value is -2.78. The highest BCUT2D eigenvalue weighted by Crippen LogP contribution is 2.19. The van der Waals surface area contributed by atoms with E-state index in [1.165, 1.54) is 0 Å². The van der Waals surface area contributed by atoms with Gasteiger partial charge in [-0.3, -0.25) is 4.79 Å². The van der Waals surface area contributed by atoms with E-state index in [0.29, 0.717) is 36.0 Å². The minimum atomic E-state index is -0.132. The van der Waals surface area contributed by atoms with Gasteiger partial charge in [-0.25, -0.2) is 0 Å². The molecule has 6 nitrogen and oxygen atoms in total. The van der Waals surface area contributed by atoms with Gasteiger partial charge in [0.25, 0.3) is 5.91 Å². The Bertz CT molecular complexity index is 775. The molecule has 0 unspecified atom stereocenters. The molecule has 1 aliphatic rings. The summed E-state index contributed by atoms with van der Waals surface area (Å²) in [7, 11) is 0. The molecular weight excluding hydrogens is 320 g/mol. The monoisotopic (exact) mass is 340 g/mol. The van der Waals surface area contributed by atoms with Crippen molar-refractivity contribution in [3.8, 4) is 11.8 Å². The van der Waals surface area contributed by atoms with Gasteiger partial charge in [0.2, 0.25) is 0 Å². The Morgan fingerprint density at radius 3 is 2.76 bits per heavy atom. The van der Waals surface area contributed by atoms with Crippen LogP contribution in [0.2, 0.25) is 0 Å². The summed E-state index contributed by atoms with van der Waals surface area (Å²) >= 11 is 0. The number of furan rings is 1. The molecule has 1 aromatic heterocycles. The predicted octanol–water partition coefficient (Wildman–Crippen LogP) is 2.98. The SMILES string of the molecule is C[C@@H]1CN(C(=O)c2ccc(COc3ccc(C#N)cc3)o2)[C@@H](C)CO1. The number of rotatable bonds is 4. The molecule has 6 heteroatoms. The summed E-state index contributed by atoms with van der Waals surface area (Å²) in [6.07, 6.45) is 0.0225. The van der Waals surface area contributed by atoms with Crippen molar-refractivity contribution in [3.05, 3.63) is 53.5 Å². The Kier molecular flexibility index (Phi) is 5.05. The average Bonchev–Trinajstić information content (AvgIpc) is 3.11. The van der Waals surface area contributed by atoms with Crippen molar-refractivity contribution in [1.82, 2.24) is 4.90 Å². The minimum absolute atomic E-state index is 0.0205. The van der Waals surface area contributed by atoms with Crippen molar-refractivity contribution in [2.75, 3.05) is 13.2 Å². The second-order valence-electron chi connectivity index (χ2n) is 6.14. The number of nitrogens with zero attached hydrogens (tertiary/aromatic N) is 2. The summed E-state index contributed by atoms with van der Waals surface area (Å²) in [6.45, 7) is 5.21. The van der Waals surface area contributed by atoms with E-state index in [1.807, 2.05) is 13.8 Å². The highest BCUT2D eigenvalue weighted by atomic mass is 16.5. The van der Waals surface area contributed by atoms with Gasteiger partial charge in [0.1, 0.15) is 18.1 Å². The molecule has 1 aromatic carbocycles. The van der Waals surface area contributed by atoms with Crippen LogP contribution in [0.5, 0.6) is 5.75 Å². The second-order valence-corrected chi connectivity index (χ2v) is 6.14. The van der Waals surface area contributed by atoms with Crippen molar-refractivity contribution in [1.29, 1.82) is 5.26 Å². The van der Waals surface area contributed by atoms with E-state index in [0.717, 1.165) is 0 Å². The fourth-order valence-electron chi connectivity index (χ4n) is 2.68. The molecule has 0 radical (unpaired) electrons. The first-order chi connectivity index (χ1) is 12.1. The Morgan fingerprint density at radius 1 is 1.28 bits per heavy atom. The fourth-order valence-corrected chi connectivity index (χ4v) is 2.68. The lowest BCUT2D eigenvalue weighted by Gasteiger charge is -2.36. The minimum Gasteiger partial charge on any atom is -0.486 e. The number of carbonyl (C=O) groups excluding carboxylic acids is 1. The van der Waals surface area contributed by atoms with Crippen LogP contribution in [-0.2, 0) is 11.3 Å². The van der Waals surface area contributed by atoms with Gasteiger partial charge in [-0.15, -0.1) is 0 Å². The second kappa shape index (κ2) is 7.41. The summed E-state index contributed by atoms with van der Waals surface area (Å²) < 4.78 is 16.8. The lowest BCUT2D eigenvalue weighted by molar-refractivity contribution is -0.0397. The number of amides is 1. The summed E-state index contributed by atoms with van der Waals surface area (Å²) in [5.41, 5.74) is 0.576. The van der Waals surface area contributed by atoms with Crippen LogP contribution in [0, 0.1) is 11.3 Å². The van der Waals surface area contributed by atoms with E-state index in [-0.39, 0.29) is 24.7 Å². The molecule has 1 fully saturated rings. The maximum atomic E-state index is 12.6. The van der Waals surface area contributed by atoms with E-state index in [4.69, 9.17) is 19.2 Å². The smallest absolute Gasteiger partial charge is 0.289 e. The number of hydrogen-bond acceptors (Lipinski definition) is 5. The maximum absolute atomic E-state index is 12.6. The van der Waals surface area contributed by atoms with Gasteiger partial charge in [0.15, 0.2) is 5.76 Å². The van der Waals surface area contributed by atoms with E-state index in [9.17, 15) is 4.79 Å². The molecule has 1 saturated heterocycles. The lowest BCUT2D eigenvalue weighted by atomic mass is 10.2. The van der Waals surface area contributed by atoms with Crippen molar-refractivity contribution in [2.45, 2.75) is 32.6 Å². The third-order valence-corrected chi connectivity index (χ3v) is 4.11. The van der Waals surface area contributed by atoms with Crippen LogP contribution in [0.1, 0.15) is 35.7 Å². The van der Waals surface area contributed by atoms with Gasteiger partial charge in [-0.1, -0.05) is 0 Å². The number of benzene rings is 1. The van der Waals surface area contributed by atoms with Crippen LogP contribution in [0.15, 0.2) is 40.8 Å². The summed E-state index contributed by atoms with van der Waals surface area (Å²) in [6, 6.07) is 12.3. The highest BCUT2D eigenvalue weighted by molar-refractivity contribution is 5.91. The van der Waals surface area contributed by atoms with Crippen molar-refractivity contribution in [2.24, 2.45) is 0 Å². The number of morpholine rings is 1. The molecule has 2 atom stereocenters. The van der Waals surface area contributed by atoms with Crippen LogP contribution in [0.25, 0.3) is 0 Å². The zero-order valence-corrected chi connectivity index (χ0v) is 14.3. The molecule has 3 rings (SSSR count). The van der Waals surface area contributed by atoms with Gasteiger partial charge >= 0.3 is 0 Å². The summed E-state index contributed by atoms with van der Waals surface area (Å²) in [5, 5.41) is 8.78. The molecule has 0 spiro atoms. The highest BCUT2D eigenvalue weighted by Gasteiger charge is 2.29. The standard InChI is InChI=1S/C19H20N2O4/c1-13-11-23-14(2)10-21(13)19(22)18-8-7-17(25-18)12-24-16-5-3-15(9-20)4-6-16/h3-8,13-14H,10-12H2,1-2H3/t13-,14+/m0/s1. The van der Waals surface area contributed by atoms with Crippen LogP contribution in [-0.4, -0.2) is 36.1 Å². The molecule has 1 aliphatic heterocycles. The van der Waals surface area contributed by atoms with Gasteiger partial charge in [0, 0.05) is 6.54 Å². The van der Waals surface area contributed by atoms with Gasteiger partial charge in [-0.2, -0.15) is 5.26 Å². The molecule has 0 saturated carbocycles. The Morgan fingerprint density at radius 2 is 2.04 bits per heavy atom. The topological polar surface area (TPSA) is 75.7 Å². The largest absolute Gasteiger partial charge is 0.486 e. The molecule has 130 valence electrons. The van der Waals surface area contributed by atoms with E-state index in [2.05, 4.69) is 6.07 Å². The number of nitriles is 1. The molecule has 2 heterocycles. The summed E-state index contributed by atoms with van der Waals surface area (Å²) in [5.74, 6) is 1.38. The van der Waals surface area contributed by atoms with Gasteiger partial charge < -0.3 is 18.8 Å². The van der Waals surface area contributed by atoms with Crippen LogP contribution >= 0.6 is 0 Å². The third kappa shape index (κ3) is 4.01. The normalized spacial score (nSPS) is 20.1. The zero-order chi connectivity index (χ0) is 17.8. The average molecular weight is 340 g/mol. The number of carbonyl (C=O) groups is 1. The van der Waals surface area contributed by atoms with Gasteiger partial charge in [0.05, 0.1) is 30.4 Å². The lowest BCUT2D eigenvalue weighted by Crippen LogP contribution is -2.50. The van der Waals surface area contributed by atoms with Crippen molar-refractivity contribution < 1.29 is 18.7 Å². The molecule has 1 amide bonds. The van der Waals surface area contributed by atoms with E-state index < -0.39 is 0 Å². The number of hydrogen-bond donors (Lipinski definition) is 0. The first-order valence-electron chi connectivity index (χ1n) is 8.21. The Balaban J connectivity index is 1.61. The molecular formula is C19H20N2O4. The van der Waals surface area contributed by atoms with Crippen LogP contribution < -0.4 is 4.74 Å². The number of ether oxygens (including phenoxy) is 2. The third-order valence-electron chi connectivity index (χ3n) is 4.11. The molecule has 25 heavy (non-hydrogen) atoms. The van der Waals surface area contributed by atoms with Crippen LogP contribution in [0.4, 0.5) is 0 Å². The summed E-state index contributed by atoms with van der Waals surface area (Å²) in [4.78, 5) is 14.4. The van der Waals surface area contributed by atoms with Crippen molar-refractivity contribution in [3.63, 3.8) is 0 Å². The molecule has 2 aromatic rings. The first kappa shape index (κ1) is 17.1. The van der Waals surface area contributed by atoms with Crippen molar-refractivity contribution >= 4 is 5.91 Å². The fraction of sp³-hybridized carbons (Fsp3) is 0.368. The van der Waals surface area contributed by atoms with E-state index >= 15 is 0 Å². The van der Waals surface area contributed by atoms with Crippen LogP contribution in [0.3, 0.4) is 0 Å². The molecule has 0 bridgehead atoms.